The van der Waals surface area contributed by atoms with Crippen molar-refractivity contribution in [3.05, 3.63) is 92.6 Å². The van der Waals surface area contributed by atoms with Gasteiger partial charge in [-0.25, -0.2) is 0 Å². The molecule has 0 aromatic heterocycles. The fourth-order valence-electron chi connectivity index (χ4n) is 2.79. The maximum absolute atomic E-state index is 12.5. The van der Waals surface area contributed by atoms with Gasteiger partial charge in [-0.3, -0.25) is 4.79 Å². The van der Waals surface area contributed by atoms with Crippen LogP contribution in [0.15, 0.2) is 72.3 Å². The highest BCUT2D eigenvalue weighted by Crippen LogP contribution is 2.30. The molecule has 0 aliphatic carbocycles. The van der Waals surface area contributed by atoms with Gasteiger partial charge in [-0.2, -0.15) is 5.26 Å². The lowest BCUT2D eigenvalue weighted by molar-refractivity contribution is -0.112. The van der Waals surface area contributed by atoms with Crippen LogP contribution in [0.3, 0.4) is 0 Å². The Morgan fingerprint density at radius 3 is 2.42 bits per heavy atom. The van der Waals surface area contributed by atoms with E-state index in [1.54, 1.807) is 37.4 Å². The number of anilines is 1. The van der Waals surface area contributed by atoms with E-state index in [-0.39, 0.29) is 5.57 Å². The largest absolute Gasteiger partial charge is 0.493 e. The zero-order valence-electron chi connectivity index (χ0n) is 17.2. The number of nitrogens with zero attached hydrogens (tertiary/aromatic N) is 1. The second-order valence-electron chi connectivity index (χ2n) is 6.82. The molecule has 3 aromatic carbocycles. The van der Waals surface area contributed by atoms with Crippen LogP contribution in [0, 0.1) is 21.8 Å². The monoisotopic (exact) mass is 524 g/mol. The van der Waals surface area contributed by atoms with Crippen molar-refractivity contribution in [2.45, 2.75) is 13.5 Å². The Labute approximate surface area is 195 Å². The quantitative estimate of drug-likeness (QED) is 0.244. The van der Waals surface area contributed by atoms with Crippen LogP contribution in [0.1, 0.15) is 16.7 Å². The van der Waals surface area contributed by atoms with Gasteiger partial charge in [0.1, 0.15) is 18.2 Å². The summed E-state index contributed by atoms with van der Waals surface area (Å²) < 4.78 is 12.5. The Bertz CT molecular complexity index is 1130. The molecule has 6 heteroatoms. The first kappa shape index (κ1) is 22.4. The minimum atomic E-state index is -0.468. The molecule has 0 unspecified atom stereocenters. The van der Waals surface area contributed by atoms with Gasteiger partial charge in [-0.05, 0) is 83.1 Å². The summed E-state index contributed by atoms with van der Waals surface area (Å²) in [7, 11) is 1.55. The van der Waals surface area contributed by atoms with Crippen LogP contribution in [0.2, 0.25) is 0 Å². The third kappa shape index (κ3) is 6.33. The molecule has 0 bridgehead atoms. The number of carbonyl (C=O) groups excluding carboxylic acids is 1. The van der Waals surface area contributed by atoms with Crippen molar-refractivity contribution < 1.29 is 14.3 Å². The highest BCUT2D eigenvalue weighted by atomic mass is 127. The lowest BCUT2D eigenvalue weighted by Gasteiger charge is -2.12. The van der Waals surface area contributed by atoms with Crippen molar-refractivity contribution in [1.82, 2.24) is 0 Å². The molecule has 0 atom stereocenters. The summed E-state index contributed by atoms with van der Waals surface area (Å²) in [6.07, 6.45) is 1.52. The first-order valence-corrected chi connectivity index (χ1v) is 10.6. The molecule has 0 aliphatic rings. The average molecular weight is 524 g/mol. The first-order chi connectivity index (χ1) is 15.0. The SMILES string of the molecule is COc1cc(/C=C(/C#N)C(=O)Nc2ccc(C)cc2)ccc1OCc1ccc(I)cc1. The van der Waals surface area contributed by atoms with Gasteiger partial charge in [0, 0.05) is 9.26 Å². The van der Waals surface area contributed by atoms with Crippen LogP contribution in [-0.2, 0) is 11.4 Å². The van der Waals surface area contributed by atoms with Gasteiger partial charge in [-0.15, -0.1) is 0 Å². The molecule has 156 valence electrons. The van der Waals surface area contributed by atoms with E-state index in [9.17, 15) is 10.1 Å². The van der Waals surface area contributed by atoms with Gasteiger partial charge >= 0.3 is 0 Å². The van der Waals surface area contributed by atoms with Crippen LogP contribution in [0.5, 0.6) is 11.5 Å². The van der Waals surface area contributed by atoms with E-state index in [0.29, 0.717) is 29.4 Å². The fourth-order valence-corrected chi connectivity index (χ4v) is 3.15. The first-order valence-electron chi connectivity index (χ1n) is 9.53. The van der Waals surface area contributed by atoms with Crippen molar-refractivity contribution in [3.8, 4) is 17.6 Å². The summed E-state index contributed by atoms with van der Waals surface area (Å²) in [5, 5.41) is 12.2. The molecule has 0 spiro atoms. The molecule has 0 saturated carbocycles. The third-order valence-corrected chi connectivity index (χ3v) is 5.20. The van der Waals surface area contributed by atoms with Gasteiger partial charge < -0.3 is 14.8 Å². The van der Waals surface area contributed by atoms with E-state index >= 15 is 0 Å². The summed E-state index contributed by atoms with van der Waals surface area (Å²) >= 11 is 2.26. The second-order valence-corrected chi connectivity index (χ2v) is 8.06. The molecule has 0 saturated heterocycles. The van der Waals surface area contributed by atoms with Crippen molar-refractivity contribution >= 4 is 40.3 Å². The van der Waals surface area contributed by atoms with Crippen molar-refractivity contribution in [2.24, 2.45) is 0 Å². The average Bonchev–Trinajstić information content (AvgIpc) is 2.78. The minimum Gasteiger partial charge on any atom is -0.493 e. The van der Waals surface area contributed by atoms with Crippen LogP contribution in [-0.4, -0.2) is 13.0 Å². The van der Waals surface area contributed by atoms with Crippen LogP contribution in [0.4, 0.5) is 5.69 Å². The fraction of sp³-hybridized carbons (Fsp3) is 0.120. The number of carbonyl (C=O) groups is 1. The van der Waals surface area contributed by atoms with Crippen molar-refractivity contribution in [2.75, 3.05) is 12.4 Å². The normalized spacial score (nSPS) is 10.8. The molecule has 0 aliphatic heterocycles. The van der Waals surface area contributed by atoms with Gasteiger partial charge in [0.05, 0.1) is 7.11 Å². The van der Waals surface area contributed by atoms with E-state index < -0.39 is 5.91 Å². The highest BCUT2D eigenvalue weighted by Gasteiger charge is 2.11. The molecule has 0 radical (unpaired) electrons. The molecule has 3 aromatic rings. The van der Waals surface area contributed by atoms with Crippen molar-refractivity contribution in [3.63, 3.8) is 0 Å². The Balaban J connectivity index is 1.74. The lowest BCUT2D eigenvalue weighted by atomic mass is 10.1. The van der Waals surface area contributed by atoms with Crippen LogP contribution in [0.25, 0.3) is 6.08 Å². The third-order valence-electron chi connectivity index (χ3n) is 4.48. The molecule has 3 rings (SSSR count). The maximum Gasteiger partial charge on any atom is 0.266 e. The number of hydrogen-bond acceptors (Lipinski definition) is 4. The standard InChI is InChI=1S/C25H21IN2O3/c1-17-3-10-22(11-4-17)28-25(29)20(15-27)13-19-7-12-23(24(14-19)30-2)31-16-18-5-8-21(26)9-6-18/h3-14H,16H2,1-2H3,(H,28,29)/b20-13-. The second kappa shape index (κ2) is 10.6. The molecule has 1 N–H and O–H groups in total. The topological polar surface area (TPSA) is 71.3 Å². The molecule has 31 heavy (non-hydrogen) atoms. The summed E-state index contributed by atoms with van der Waals surface area (Å²) in [4.78, 5) is 12.5. The predicted octanol–water partition coefficient (Wildman–Crippen LogP) is 5.73. The maximum atomic E-state index is 12.5. The Morgan fingerprint density at radius 1 is 1.06 bits per heavy atom. The van der Waals surface area contributed by atoms with Crippen LogP contribution >= 0.6 is 22.6 Å². The number of aryl methyl sites for hydroxylation is 1. The zero-order valence-corrected chi connectivity index (χ0v) is 19.3. The number of amides is 1. The summed E-state index contributed by atoms with van der Waals surface area (Å²) in [5.41, 5.74) is 3.43. The molecular weight excluding hydrogens is 503 g/mol. The summed E-state index contributed by atoms with van der Waals surface area (Å²) in [5.74, 6) is 0.640. The zero-order chi connectivity index (χ0) is 22.2. The number of nitriles is 1. The number of halogens is 1. The van der Waals surface area contributed by atoms with Crippen LogP contribution < -0.4 is 14.8 Å². The smallest absolute Gasteiger partial charge is 0.266 e. The van der Waals surface area contributed by atoms with Crippen molar-refractivity contribution in [1.29, 1.82) is 5.26 Å². The van der Waals surface area contributed by atoms with Gasteiger partial charge in [-0.1, -0.05) is 35.9 Å². The number of methoxy groups -OCH3 is 1. The number of benzene rings is 3. The molecule has 0 fully saturated rings. The van der Waals surface area contributed by atoms with E-state index in [0.717, 1.165) is 14.7 Å². The number of rotatable bonds is 7. The van der Waals surface area contributed by atoms with Gasteiger partial charge in [0.15, 0.2) is 11.5 Å². The van der Waals surface area contributed by atoms with Gasteiger partial charge in [0.2, 0.25) is 0 Å². The Morgan fingerprint density at radius 2 is 1.77 bits per heavy atom. The van der Waals surface area contributed by atoms with Gasteiger partial charge in [0.25, 0.3) is 5.91 Å². The Hall–Kier alpha value is -3.31. The highest BCUT2D eigenvalue weighted by molar-refractivity contribution is 14.1. The van der Waals surface area contributed by atoms with E-state index in [1.807, 2.05) is 49.4 Å². The number of ether oxygens (including phenoxy) is 2. The molecular formula is C25H21IN2O3. The predicted molar refractivity (Wildman–Crippen MR) is 130 cm³/mol. The molecule has 5 nitrogen and oxygen atoms in total. The summed E-state index contributed by atoms with van der Waals surface area (Å²) in [6, 6.07) is 22.7. The molecule has 0 heterocycles. The molecule has 1 amide bonds. The van der Waals surface area contributed by atoms with E-state index in [4.69, 9.17) is 9.47 Å². The van der Waals surface area contributed by atoms with E-state index in [1.165, 1.54) is 6.08 Å². The minimum absolute atomic E-state index is 0.00446. The number of nitrogens with one attached hydrogen (secondary N) is 1. The van der Waals surface area contributed by atoms with E-state index in [2.05, 4.69) is 27.9 Å². The summed E-state index contributed by atoms with van der Waals surface area (Å²) in [6.45, 7) is 2.37. The number of hydrogen-bond donors (Lipinski definition) is 1. The Kier molecular flexibility index (Phi) is 7.68. The lowest BCUT2D eigenvalue weighted by Crippen LogP contribution is -2.13.